The largest absolute Gasteiger partial charge is 0.342 e. The summed E-state index contributed by atoms with van der Waals surface area (Å²) in [6.45, 7) is 10.4. The van der Waals surface area contributed by atoms with E-state index in [1.807, 2.05) is 0 Å². The lowest BCUT2D eigenvalue weighted by molar-refractivity contribution is -0.135. The Labute approximate surface area is 112 Å². The summed E-state index contributed by atoms with van der Waals surface area (Å²) in [6, 6.07) is 0. The zero-order valence-electron chi connectivity index (χ0n) is 12.4. The van der Waals surface area contributed by atoms with E-state index in [1.165, 1.54) is 19.3 Å². The van der Waals surface area contributed by atoms with Crippen molar-refractivity contribution < 1.29 is 4.79 Å². The molecule has 3 nitrogen and oxygen atoms in total. The van der Waals surface area contributed by atoms with Crippen LogP contribution in [0.4, 0.5) is 0 Å². The van der Waals surface area contributed by atoms with Crippen molar-refractivity contribution in [1.29, 1.82) is 0 Å². The summed E-state index contributed by atoms with van der Waals surface area (Å²) in [5.74, 6) is 1.21. The number of nitrogens with zero attached hydrogens (tertiary/aromatic N) is 1. The molecule has 1 amide bonds. The third kappa shape index (κ3) is 4.97. The van der Waals surface area contributed by atoms with Crippen LogP contribution in [-0.4, -0.2) is 37.0 Å². The molecule has 3 heteroatoms. The summed E-state index contributed by atoms with van der Waals surface area (Å²) in [7, 11) is 0. The maximum absolute atomic E-state index is 12.4. The zero-order chi connectivity index (χ0) is 13.4. The van der Waals surface area contributed by atoms with E-state index in [0.29, 0.717) is 11.8 Å². The maximum Gasteiger partial charge on any atom is 0.225 e. The van der Waals surface area contributed by atoms with Gasteiger partial charge in [0.15, 0.2) is 0 Å². The molecular weight excluding hydrogens is 224 g/mol. The molecule has 1 rings (SSSR count). The lowest BCUT2D eigenvalue weighted by Crippen LogP contribution is -2.42. The number of hydrogen-bond acceptors (Lipinski definition) is 2. The first-order valence-electron chi connectivity index (χ1n) is 7.68. The van der Waals surface area contributed by atoms with Crippen molar-refractivity contribution in [2.75, 3.05) is 26.2 Å². The van der Waals surface area contributed by atoms with Crippen LogP contribution in [0, 0.1) is 11.8 Å². The van der Waals surface area contributed by atoms with E-state index < -0.39 is 0 Å². The van der Waals surface area contributed by atoms with E-state index in [0.717, 1.165) is 39.0 Å². The lowest BCUT2D eigenvalue weighted by atomic mass is 9.97. The summed E-state index contributed by atoms with van der Waals surface area (Å²) >= 11 is 0. The highest BCUT2D eigenvalue weighted by Gasteiger charge is 2.22. The number of carbonyl (C=O) groups excluding carboxylic acids is 1. The molecular formula is C15H30N2O. The first-order valence-corrected chi connectivity index (χ1v) is 7.68. The van der Waals surface area contributed by atoms with Crippen LogP contribution in [0.3, 0.4) is 0 Å². The second-order valence-electron chi connectivity index (χ2n) is 5.63. The quantitative estimate of drug-likeness (QED) is 0.757. The SMILES string of the molecule is CCCCC(C)C(=O)N(CC)CC1CCCNC1. The second-order valence-corrected chi connectivity index (χ2v) is 5.63. The Morgan fingerprint density at radius 3 is 2.78 bits per heavy atom. The Hall–Kier alpha value is -0.570. The Morgan fingerprint density at radius 2 is 2.22 bits per heavy atom. The van der Waals surface area contributed by atoms with E-state index in [-0.39, 0.29) is 5.92 Å². The second kappa shape index (κ2) is 8.52. The fraction of sp³-hybridized carbons (Fsp3) is 0.933. The number of piperidine rings is 1. The minimum absolute atomic E-state index is 0.196. The number of nitrogens with one attached hydrogen (secondary N) is 1. The number of carbonyl (C=O) groups is 1. The van der Waals surface area contributed by atoms with Gasteiger partial charge in [-0.15, -0.1) is 0 Å². The third-order valence-electron chi connectivity index (χ3n) is 3.98. The van der Waals surface area contributed by atoms with Crippen LogP contribution in [0.5, 0.6) is 0 Å². The summed E-state index contributed by atoms with van der Waals surface area (Å²) in [5, 5.41) is 3.43. The molecule has 1 N–H and O–H groups in total. The van der Waals surface area contributed by atoms with Gasteiger partial charge >= 0.3 is 0 Å². The molecule has 0 bridgehead atoms. The van der Waals surface area contributed by atoms with Crippen molar-refractivity contribution in [2.24, 2.45) is 11.8 Å². The van der Waals surface area contributed by atoms with Crippen molar-refractivity contribution in [3.8, 4) is 0 Å². The number of hydrogen-bond donors (Lipinski definition) is 1. The van der Waals surface area contributed by atoms with Gasteiger partial charge in [-0.05, 0) is 45.2 Å². The first-order chi connectivity index (χ1) is 8.69. The molecule has 18 heavy (non-hydrogen) atoms. The average molecular weight is 254 g/mol. The Balaban J connectivity index is 2.40. The summed E-state index contributed by atoms with van der Waals surface area (Å²) in [5.41, 5.74) is 0. The Kier molecular flexibility index (Phi) is 7.33. The molecule has 0 saturated carbocycles. The zero-order valence-corrected chi connectivity index (χ0v) is 12.4. The van der Waals surface area contributed by atoms with E-state index >= 15 is 0 Å². The summed E-state index contributed by atoms with van der Waals surface area (Å²) in [6.07, 6.45) is 5.89. The van der Waals surface area contributed by atoms with Crippen molar-refractivity contribution in [1.82, 2.24) is 10.2 Å². The molecule has 1 saturated heterocycles. The van der Waals surface area contributed by atoms with Crippen LogP contribution < -0.4 is 5.32 Å². The highest BCUT2D eigenvalue weighted by molar-refractivity contribution is 5.78. The monoisotopic (exact) mass is 254 g/mol. The number of rotatable bonds is 7. The molecule has 1 fully saturated rings. The highest BCUT2D eigenvalue weighted by Crippen LogP contribution is 2.16. The highest BCUT2D eigenvalue weighted by atomic mass is 16.2. The van der Waals surface area contributed by atoms with Gasteiger partial charge in [-0.3, -0.25) is 4.79 Å². The van der Waals surface area contributed by atoms with Gasteiger partial charge in [-0.1, -0.05) is 26.7 Å². The average Bonchev–Trinajstić information content (AvgIpc) is 2.42. The maximum atomic E-state index is 12.4. The fourth-order valence-electron chi connectivity index (χ4n) is 2.71. The van der Waals surface area contributed by atoms with E-state index in [4.69, 9.17) is 0 Å². The normalized spacial score (nSPS) is 21.6. The molecule has 106 valence electrons. The van der Waals surface area contributed by atoms with Crippen LogP contribution >= 0.6 is 0 Å². The van der Waals surface area contributed by atoms with Crippen molar-refractivity contribution in [3.63, 3.8) is 0 Å². The Bertz CT molecular complexity index is 237. The van der Waals surface area contributed by atoms with Crippen molar-refractivity contribution in [2.45, 2.75) is 52.9 Å². The van der Waals surface area contributed by atoms with Crippen molar-refractivity contribution >= 4 is 5.91 Å². The van der Waals surface area contributed by atoms with Crippen LogP contribution in [0.1, 0.15) is 52.9 Å². The van der Waals surface area contributed by atoms with Gasteiger partial charge < -0.3 is 10.2 Å². The predicted molar refractivity (Wildman–Crippen MR) is 76.5 cm³/mol. The van der Waals surface area contributed by atoms with E-state index in [1.54, 1.807) is 0 Å². The minimum Gasteiger partial charge on any atom is -0.342 e. The van der Waals surface area contributed by atoms with Gasteiger partial charge in [0.2, 0.25) is 5.91 Å². The smallest absolute Gasteiger partial charge is 0.225 e. The molecule has 2 atom stereocenters. The van der Waals surface area contributed by atoms with Crippen LogP contribution in [0.15, 0.2) is 0 Å². The standard InChI is InChI=1S/C15H30N2O/c1-4-6-8-13(3)15(18)17(5-2)12-14-9-7-10-16-11-14/h13-14,16H,4-12H2,1-3H3. The van der Waals surface area contributed by atoms with Crippen LogP contribution in [0.25, 0.3) is 0 Å². The summed E-state index contributed by atoms with van der Waals surface area (Å²) < 4.78 is 0. The summed E-state index contributed by atoms with van der Waals surface area (Å²) in [4.78, 5) is 14.4. The third-order valence-corrected chi connectivity index (χ3v) is 3.98. The van der Waals surface area contributed by atoms with Gasteiger partial charge in [0.1, 0.15) is 0 Å². The molecule has 1 aliphatic heterocycles. The van der Waals surface area contributed by atoms with Crippen molar-refractivity contribution in [3.05, 3.63) is 0 Å². The van der Waals surface area contributed by atoms with Gasteiger partial charge in [-0.2, -0.15) is 0 Å². The molecule has 0 aromatic rings. The van der Waals surface area contributed by atoms with Gasteiger partial charge in [-0.25, -0.2) is 0 Å². The predicted octanol–water partition coefficient (Wildman–Crippen LogP) is 2.66. The molecule has 0 aromatic heterocycles. The molecule has 1 aliphatic rings. The lowest BCUT2D eigenvalue weighted by Gasteiger charge is -2.31. The number of amides is 1. The molecule has 0 radical (unpaired) electrons. The Morgan fingerprint density at radius 1 is 1.44 bits per heavy atom. The number of unbranched alkanes of at least 4 members (excludes halogenated alkanes) is 1. The fourth-order valence-corrected chi connectivity index (χ4v) is 2.71. The first kappa shape index (κ1) is 15.5. The molecule has 1 heterocycles. The van der Waals surface area contributed by atoms with E-state index in [9.17, 15) is 4.79 Å². The van der Waals surface area contributed by atoms with Crippen LogP contribution in [-0.2, 0) is 4.79 Å². The molecule has 2 unspecified atom stereocenters. The van der Waals surface area contributed by atoms with Gasteiger partial charge in [0.25, 0.3) is 0 Å². The van der Waals surface area contributed by atoms with Gasteiger partial charge in [0.05, 0.1) is 0 Å². The molecule has 0 aromatic carbocycles. The van der Waals surface area contributed by atoms with Crippen LogP contribution in [0.2, 0.25) is 0 Å². The topological polar surface area (TPSA) is 32.3 Å². The molecule has 0 aliphatic carbocycles. The van der Waals surface area contributed by atoms with E-state index in [2.05, 4.69) is 31.0 Å². The minimum atomic E-state index is 0.196. The molecule has 0 spiro atoms. The van der Waals surface area contributed by atoms with Gasteiger partial charge in [0, 0.05) is 19.0 Å².